The highest BCUT2D eigenvalue weighted by Gasteiger charge is 2.26. The van der Waals surface area contributed by atoms with Crippen LogP contribution in [0.5, 0.6) is 0 Å². The number of nitrogens with one attached hydrogen (secondary N) is 2. The number of rotatable bonds is 3. The van der Waals surface area contributed by atoms with E-state index in [4.69, 9.17) is 0 Å². The maximum Gasteiger partial charge on any atom is 0.162 e. The van der Waals surface area contributed by atoms with Gasteiger partial charge in [0.1, 0.15) is 5.82 Å². The second kappa shape index (κ2) is 5.32. The standard InChI is InChI=1S/C13H22N6/c1-14-9-11-10-19-12(16-11)3-4-15-13(19)18-7-5-17(2)6-8-18/h3-4,10,13-15H,5-9H2,1-2H3. The van der Waals surface area contributed by atoms with Crippen LogP contribution in [0.2, 0.25) is 0 Å². The molecule has 6 nitrogen and oxygen atoms in total. The van der Waals surface area contributed by atoms with Crippen LogP contribution < -0.4 is 10.6 Å². The lowest BCUT2D eigenvalue weighted by Crippen LogP contribution is -2.51. The Morgan fingerprint density at radius 3 is 2.89 bits per heavy atom. The van der Waals surface area contributed by atoms with Crippen molar-refractivity contribution < 1.29 is 0 Å². The monoisotopic (exact) mass is 262 g/mol. The predicted molar refractivity (Wildman–Crippen MR) is 75.3 cm³/mol. The van der Waals surface area contributed by atoms with Crippen molar-refractivity contribution in [3.05, 3.63) is 23.9 Å². The zero-order valence-electron chi connectivity index (χ0n) is 11.6. The molecule has 0 spiro atoms. The van der Waals surface area contributed by atoms with E-state index in [-0.39, 0.29) is 6.29 Å². The van der Waals surface area contributed by atoms with Gasteiger partial charge in [0.2, 0.25) is 0 Å². The van der Waals surface area contributed by atoms with Gasteiger partial charge in [0.25, 0.3) is 0 Å². The van der Waals surface area contributed by atoms with Crippen molar-refractivity contribution in [2.24, 2.45) is 0 Å². The summed E-state index contributed by atoms with van der Waals surface area (Å²) < 4.78 is 2.23. The lowest BCUT2D eigenvalue weighted by molar-refractivity contribution is 0.0620. The number of hydrogen-bond donors (Lipinski definition) is 2. The molecule has 0 radical (unpaired) electrons. The van der Waals surface area contributed by atoms with E-state index in [2.05, 4.69) is 43.2 Å². The SMILES string of the molecule is CNCc1cn2c(n1)C=CNC2N1CCN(C)CC1. The average Bonchev–Trinajstić information content (AvgIpc) is 2.82. The molecule has 19 heavy (non-hydrogen) atoms. The number of aromatic nitrogens is 2. The lowest BCUT2D eigenvalue weighted by atomic mass is 10.3. The molecular weight excluding hydrogens is 240 g/mol. The van der Waals surface area contributed by atoms with E-state index in [1.165, 1.54) is 0 Å². The molecule has 0 saturated carbocycles. The largest absolute Gasteiger partial charge is 0.359 e. The van der Waals surface area contributed by atoms with Crippen molar-refractivity contribution in [1.29, 1.82) is 0 Å². The highest BCUT2D eigenvalue weighted by atomic mass is 15.4. The third-order valence-corrected chi connectivity index (χ3v) is 3.79. The number of likely N-dealkylation sites (N-methyl/N-ethyl adjacent to an activating group) is 1. The minimum absolute atomic E-state index is 0.201. The van der Waals surface area contributed by atoms with Crippen molar-refractivity contribution in [1.82, 2.24) is 30.0 Å². The van der Waals surface area contributed by atoms with Crippen LogP contribution in [0.15, 0.2) is 12.4 Å². The fourth-order valence-corrected chi connectivity index (χ4v) is 2.68. The summed E-state index contributed by atoms with van der Waals surface area (Å²) >= 11 is 0. The molecule has 0 aromatic carbocycles. The molecule has 3 rings (SSSR count). The molecule has 2 N–H and O–H groups in total. The molecule has 1 aromatic rings. The topological polar surface area (TPSA) is 48.4 Å². The van der Waals surface area contributed by atoms with Gasteiger partial charge in [0, 0.05) is 45.1 Å². The highest BCUT2D eigenvalue weighted by molar-refractivity contribution is 5.43. The van der Waals surface area contributed by atoms with Gasteiger partial charge in [-0.2, -0.15) is 0 Å². The van der Waals surface area contributed by atoms with Gasteiger partial charge in [-0.25, -0.2) is 4.98 Å². The van der Waals surface area contributed by atoms with Crippen molar-refractivity contribution in [2.75, 3.05) is 40.3 Å². The van der Waals surface area contributed by atoms with Gasteiger partial charge in [-0.15, -0.1) is 0 Å². The van der Waals surface area contributed by atoms with E-state index in [1.54, 1.807) is 0 Å². The molecule has 1 unspecified atom stereocenters. The van der Waals surface area contributed by atoms with Gasteiger partial charge in [-0.3, -0.25) is 9.47 Å². The molecule has 3 heterocycles. The molecule has 0 amide bonds. The summed E-state index contributed by atoms with van der Waals surface area (Å²) in [7, 11) is 4.13. The van der Waals surface area contributed by atoms with E-state index in [1.807, 2.05) is 19.3 Å². The van der Waals surface area contributed by atoms with E-state index in [9.17, 15) is 0 Å². The van der Waals surface area contributed by atoms with E-state index in [0.29, 0.717) is 0 Å². The van der Waals surface area contributed by atoms with E-state index in [0.717, 1.165) is 44.2 Å². The molecule has 0 aliphatic carbocycles. The Morgan fingerprint density at radius 1 is 1.37 bits per heavy atom. The molecule has 1 fully saturated rings. The summed E-state index contributed by atoms with van der Waals surface area (Å²) in [4.78, 5) is 9.48. The second-order valence-electron chi connectivity index (χ2n) is 5.24. The number of imidazole rings is 1. The second-order valence-corrected chi connectivity index (χ2v) is 5.24. The lowest BCUT2D eigenvalue weighted by Gasteiger charge is -2.39. The maximum atomic E-state index is 4.64. The van der Waals surface area contributed by atoms with Crippen LogP contribution in [0, 0.1) is 0 Å². The van der Waals surface area contributed by atoms with E-state index < -0.39 is 0 Å². The predicted octanol–water partition coefficient (Wildman–Crippen LogP) is -0.120. The summed E-state index contributed by atoms with van der Waals surface area (Å²) in [6.07, 6.45) is 6.39. The summed E-state index contributed by atoms with van der Waals surface area (Å²) in [5.74, 6) is 1.04. The zero-order valence-corrected chi connectivity index (χ0v) is 11.6. The molecule has 6 heteroatoms. The average molecular weight is 262 g/mol. The van der Waals surface area contributed by atoms with Crippen molar-refractivity contribution in [3.63, 3.8) is 0 Å². The first-order valence-corrected chi connectivity index (χ1v) is 6.85. The highest BCUT2D eigenvalue weighted by Crippen LogP contribution is 2.20. The van der Waals surface area contributed by atoms with Gasteiger partial charge >= 0.3 is 0 Å². The van der Waals surface area contributed by atoms with Crippen LogP contribution in [-0.2, 0) is 6.54 Å². The molecule has 2 aliphatic rings. The van der Waals surface area contributed by atoms with Crippen LogP contribution in [0.3, 0.4) is 0 Å². The van der Waals surface area contributed by atoms with Gasteiger partial charge in [0.15, 0.2) is 6.29 Å². The molecule has 1 atom stereocenters. The summed E-state index contributed by atoms with van der Waals surface area (Å²) in [6, 6.07) is 0. The van der Waals surface area contributed by atoms with Gasteiger partial charge < -0.3 is 15.5 Å². The summed E-state index contributed by atoms with van der Waals surface area (Å²) in [5, 5.41) is 6.60. The van der Waals surface area contributed by atoms with Gasteiger partial charge in [-0.1, -0.05) is 0 Å². The Morgan fingerprint density at radius 2 is 2.16 bits per heavy atom. The Balaban J connectivity index is 1.79. The van der Waals surface area contributed by atoms with Crippen molar-refractivity contribution in [2.45, 2.75) is 12.8 Å². The zero-order chi connectivity index (χ0) is 13.2. The fraction of sp³-hybridized carbons (Fsp3) is 0.615. The molecule has 2 aliphatic heterocycles. The summed E-state index contributed by atoms with van der Waals surface area (Å²) in [5.41, 5.74) is 1.09. The van der Waals surface area contributed by atoms with Gasteiger partial charge in [0.05, 0.1) is 5.69 Å². The Kier molecular flexibility index (Phi) is 3.54. The van der Waals surface area contributed by atoms with Crippen LogP contribution in [0.4, 0.5) is 0 Å². The number of piperazine rings is 1. The van der Waals surface area contributed by atoms with Crippen LogP contribution in [0.1, 0.15) is 17.8 Å². The first kappa shape index (κ1) is 12.7. The third kappa shape index (κ3) is 2.51. The maximum absolute atomic E-state index is 4.64. The van der Waals surface area contributed by atoms with E-state index >= 15 is 0 Å². The smallest absolute Gasteiger partial charge is 0.162 e. The molecule has 104 valence electrons. The first-order chi connectivity index (χ1) is 9.28. The first-order valence-electron chi connectivity index (χ1n) is 6.85. The van der Waals surface area contributed by atoms with Crippen LogP contribution >= 0.6 is 0 Å². The van der Waals surface area contributed by atoms with Crippen LogP contribution in [-0.4, -0.2) is 59.6 Å². The van der Waals surface area contributed by atoms with Gasteiger partial charge in [-0.05, 0) is 20.2 Å². The Labute approximate surface area is 114 Å². The summed E-state index contributed by atoms with van der Waals surface area (Å²) in [6.45, 7) is 5.22. The minimum atomic E-state index is 0.201. The Hall–Kier alpha value is -1.37. The minimum Gasteiger partial charge on any atom is -0.359 e. The number of nitrogens with zero attached hydrogens (tertiary/aromatic N) is 4. The number of fused-ring (bicyclic) bond motifs is 1. The van der Waals surface area contributed by atoms with Crippen LogP contribution in [0.25, 0.3) is 6.08 Å². The molecule has 1 saturated heterocycles. The molecule has 0 bridgehead atoms. The quantitative estimate of drug-likeness (QED) is 0.795. The normalized spacial score (nSPS) is 24.2. The van der Waals surface area contributed by atoms with Crippen molar-refractivity contribution >= 4 is 6.08 Å². The number of hydrogen-bond acceptors (Lipinski definition) is 5. The molecule has 1 aromatic heterocycles. The fourth-order valence-electron chi connectivity index (χ4n) is 2.68. The Bertz CT molecular complexity index is 458. The van der Waals surface area contributed by atoms with Crippen molar-refractivity contribution in [3.8, 4) is 0 Å². The third-order valence-electron chi connectivity index (χ3n) is 3.79. The molecular formula is C13H22N6.